The molecule has 0 radical (unpaired) electrons. The van der Waals surface area contributed by atoms with E-state index >= 15 is 0 Å². The van der Waals surface area contributed by atoms with Gasteiger partial charge in [-0.15, -0.1) is 0 Å². The smallest absolute Gasteiger partial charge is 0.269 e. The summed E-state index contributed by atoms with van der Waals surface area (Å²) in [5, 5.41) is 14.1. The minimum absolute atomic E-state index is 0.0262. The number of amides is 2. The molecular weight excluding hydrogens is 560 g/mol. The molecule has 224 valence electrons. The minimum Gasteiger partial charge on any atom is -0.497 e. The number of anilines is 1. The Hall–Kier alpha value is -4.45. The molecule has 3 aromatic carbocycles. The molecule has 1 atom stereocenters. The Bertz CT molecular complexity index is 1490. The molecule has 0 saturated carbocycles. The van der Waals surface area contributed by atoms with Gasteiger partial charge in [0.2, 0.25) is 11.8 Å². The van der Waals surface area contributed by atoms with Crippen molar-refractivity contribution in [2.24, 2.45) is 0 Å². The van der Waals surface area contributed by atoms with E-state index in [4.69, 9.17) is 4.74 Å². The van der Waals surface area contributed by atoms with Crippen LogP contribution < -0.4 is 14.4 Å². The van der Waals surface area contributed by atoms with Crippen LogP contribution in [0.4, 0.5) is 11.4 Å². The molecular formula is C30H36N4O7S. The highest BCUT2D eigenvalue weighted by molar-refractivity contribution is 7.92. The lowest BCUT2D eigenvalue weighted by molar-refractivity contribution is -0.384. The molecule has 11 nitrogen and oxygen atoms in total. The zero-order valence-electron chi connectivity index (χ0n) is 24.3. The highest BCUT2D eigenvalue weighted by atomic mass is 32.2. The Kier molecular flexibility index (Phi) is 10.3. The first-order valence-electron chi connectivity index (χ1n) is 13.3. The Morgan fingerprint density at radius 2 is 1.57 bits per heavy atom. The van der Waals surface area contributed by atoms with Gasteiger partial charge in [0.1, 0.15) is 18.3 Å². The lowest BCUT2D eigenvalue weighted by Crippen LogP contribution is -2.55. The molecule has 3 aromatic rings. The monoisotopic (exact) mass is 596 g/mol. The van der Waals surface area contributed by atoms with Crippen molar-refractivity contribution in [1.82, 2.24) is 10.2 Å². The molecule has 0 aliphatic carbocycles. The number of nitrogens with zero attached hydrogens (tertiary/aromatic N) is 3. The number of non-ortho nitro benzene ring substituents is 1. The van der Waals surface area contributed by atoms with E-state index in [-0.39, 0.29) is 35.1 Å². The highest BCUT2D eigenvalue weighted by Gasteiger charge is 2.34. The predicted molar refractivity (Wildman–Crippen MR) is 160 cm³/mol. The fourth-order valence-electron chi connectivity index (χ4n) is 4.29. The number of ether oxygens (including phenoxy) is 1. The van der Waals surface area contributed by atoms with E-state index in [1.54, 1.807) is 49.4 Å². The summed E-state index contributed by atoms with van der Waals surface area (Å²) in [5.74, 6) is -0.383. The van der Waals surface area contributed by atoms with Crippen molar-refractivity contribution in [2.75, 3.05) is 18.0 Å². The number of sulfonamides is 1. The second kappa shape index (κ2) is 13.5. The van der Waals surface area contributed by atoms with Crippen LogP contribution in [-0.2, 0) is 26.2 Å². The zero-order valence-corrected chi connectivity index (χ0v) is 25.1. The number of nitro groups is 1. The van der Waals surface area contributed by atoms with Gasteiger partial charge in [-0.25, -0.2) is 8.42 Å². The summed E-state index contributed by atoms with van der Waals surface area (Å²) in [6.45, 7) is 6.64. The second-order valence-electron chi connectivity index (χ2n) is 10.6. The lowest BCUT2D eigenvalue weighted by Gasteiger charge is -2.34. The maximum Gasteiger partial charge on any atom is 0.269 e. The summed E-state index contributed by atoms with van der Waals surface area (Å²) in [6, 6.07) is 18.6. The molecule has 1 unspecified atom stereocenters. The number of benzene rings is 3. The summed E-state index contributed by atoms with van der Waals surface area (Å²) < 4.78 is 33.8. The topological polar surface area (TPSA) is 139 Å². The van der Waals surface area contributed by atoms with Crippen LogP contribution in [0.25, 0.3) is 0 Å². The second-order valence-corrected chi connectivity index (χ2v) is 12.5. The SMILES string of the molecule is CCC(C(=O)NC(C)(C)C)N(Cc1ccc(OC)cc1)C(=O)CN(c1ccc([N+](=O)[O-])cc1)S(=O)(=O)c1ccccc1. The van der Waals surface area contributed by atoms with E-state index in [0.717, 1.165) is 4.31 Å². The minimum atomic E-state index is -4.28. The average molecular weight is 597 g/mol. The van der Waals surface area contributed by atoms with Gasteiger partial charge < -0.3 is 15.0 Å². The van der Waals surface area contributed by atoms with Gasteiger partial charge in [-0.05, 0) is 69.2 Å². The van der Waals surface area contributed by atoms with Crippen molar-refractivity contribution in [3.63, 3.8) is 0 Å². The molecule has 0 fully saturated rings. The van der Waals surface area contributed by atoms with Crippen molar-refractivity contribution >= 4 is 33.2 Å². The van der Waals surface area contributed by atoms with E-state index in [0.29, 0.717) is 11.3 Å². The van der Waals surface area contributed by atoms with E-state index in [2.05, 4.69) is 5.32 Å². The zero-order chi connectivity index (χ0) is 31.1. The average Bonchev–Trinajstić information content (AvgIpc) is 2.95. The molecule has 2 amide bonds. The van der Waals surface area contributed by atoms with E-state index in [1.165, 1.54) is 48.4 Å². The van der Waals surface area contributed by atoms with Gasteiger partial charge in [0.05, 0.1) is 22.6 Å². The maximum absolute atomic E-state index is 14.1. The molecule has 42 heavy (non-hydrogen) atoms. The summed E-state index contributed by atoms with van der Waals surface area (Å²) in [5.41, 5.74) is -0.0256. The van der Waals surface area contributed by atoms with E-state index in [9.17, 15) is 28.1 Å². The number of methoxy groups -OCH3 is 1. The number of nitrogens with one attached hydrogen (secondary N) is 1. The van der Waals surface area contributed by atoms with Crippen molar-refractivity contribution in [3.8, 4) is 5.75 Å². The van der Waals surface area contributed by atoms with Crippen molar-refractivity contribution < 1.29 is 27.7 Å². The maximum atomic E-state index is 14.1. The normalized spacial score (nSPS) is 12.2. The largest absolute Gasteiger partial charge is 0.497 e. The third-order valence-electron chi connectivity index (χ3n) is 6.35. The first-order chi connectivity index (χ1) is 19.8. The van der Waals surface area contributed by atoms with Crippen LogP contribution in [0.3, 0.4) is 0 Å². The standard InChI is InChI=1S/C30H36N4O7S/c1-6-27(29(36)31-30(2,3)4)32(20-22-12-18-25(41-5)19-13-22)28(35)21-33(23-14-16-24(17-15-23)34(37)38)42(39,40)26-10-8-7-9-11-26/h7-19,27H,6,20-21H2,1-5H3,(H,31,36). The lowest BCUT2D eigenvalue weighted by atomic mass is 10.1. The van der Waals surface area contributed by atoms with Crippen LogP contribution in [-0.4, -0.2) is 55.3 Å². The van der Waals surface area contributed by atoms with Gasteiger partial charge >= 0.3 is 0 Å². The highest BCUT2D eigenvalue weighted by Crippen LogP contribution is 2.27. The molecule has 0 spiro atoms. The molecule has 3 rings (SSSR count). The quantitative estimate of drug-likeness (QED) is 0.240. The molecule has 12 heteroatoms. The fraction of sp³-hybridized carbons (Fsp3) is 0.333. The van der Waals surface area contributed by atoms with Gasteiger partial charge in [0.15, 0.2) is 0 Å². The van der Waals surface area contributed by atoms with Crippen molar-refractivity contribution in [3.05, 3.63) is 94.5 Å². The van der Waals surface area contributed by atoms with Gasteiger partial charge in [-0.2, -0.15) is 0 Å². The molecule has 0 bridgehead atoms. The first kappa shape index (κ1) is 32.1. The Morgan fingerprint density at radius 1 is 0.976 bits per heavy atom. The van der Waals surface area contributed by atoms with Gasteiger partial charge in [0.25, 0.3) is 15.7 Å². The number of hydrogen-bond donors (Lipinski definition) is 1. The van der Waals surface area contributed by atoms with Gasteiger partial charge in [-0.1, -0.05) is 37.3 Å². The van der Waals surface area contributed by atoms with Gasteiger partial charge in [-0.3, -0.25) is 24.0 Å². The van der Waals surface area contributed by atoms with Crippen LogP contribution >= 0.6 is 0 Å². The van der Waals surface area contributed by atoms with Crippen LogP contribution in [0, 0.1) is 10.1 Å². The number of rotatable bonds is 12. The molecule has 0 aliphatic heterocycles. The number of hydrogen-bond acceptors (Lipinski definition) is 7. The fourth-order valence-corrected chi connectivity index (χ4v) is 5.72. The van der Waals surface area contributed by atoms with Gasteiger partial charge in [0, 0.05) is 24.2 Å². The molecule has 1 N–H and O–H groups in total. The summed E-state index contributed by atoms with van der Waals surface area (Å²) in [7, 11) is -2.74. The van der Waals surface area contributed by atoms with Crippen LogP contribution in [0.5, 0.6) is 5.75 Å². The Balaban J connectivity index is 2.07. The summed E-state index contributed by atoms with van der Waals surface area (Å²) in [4.78, 5) is 39.4. The molecule has 0 heterocycles. The van der Waals surface area contributed by atoms with Crippen LogP contribution in [0.1, 0.15) is 39.7 Å². The first-order valence-corrected chi connectivity index (χ1v) is 14.8. The molecule has 0 aliphatic rings. The Labute approximate surface area is 246 Å². The van der Waals surface area contributed by atoms with Crippen molar-refractivity contribution in [2.45, 2.75) is 57.1 Å². The van der Waals surface area contributed by atoms with Crippen molar-refractivity contribution in [1.29, 1.82) is 0 Å². The number of carbonyl (C=O) groups is 2. The molecule has 0 saturated heterocycles. The number of nitro benzene ring substituents is 1. The van der Waals surface area contributed by atoms with Crippen LogP contribution in [0.15, 0.2) is 83.8 Å². The van der Waals surface area contributed by atoms with E-state index < -0.39 is 39.0 Å². The van der Waals surface area contributed by atoms with Crippen LogP contribution in [0.2, 0.25) is 0 Å². The third-order valence-corrected chi connectivity index (χ3v) is 8.14. The third kappa shape index (κ3) is 8.06. The van der Waals surface area contributed by atoms with E-state index in [1.807, 2.05) is 20.8 Å². The predicted octanol–water partition coefficient (Wildman–Crippen LogP) is 4.52. The summed E-state index contributed by atoms with van der Waals surface area (Å²) >= 11 is 0. The molecule has 0 aromatic heterocycles. The number of carbonyl (C=O) groups excluding carboxylic acids is 2. The Morgan fingerprint density at radius 3 is 2.07 bits per heavy atom. The summed E-state index contributed by atoms with van der Waals surface area (Å²) in [6.07, 6.45) is 0.271.